The van der Waals surface area contributed by atoms with Crippen LogP contribution in [-0.2, 0) is 19.1 Å². The average Bonchev–Trinajstić information content (AvgIpc) is 3.35. The molecule has 2 aromatic carbocycles. The molecule has 3 rings (SSSR count). The average molecular weight is 428 g/mol. The van der Waals surface area contributed by atoms with Crippen molar-refractivity contribution in [1.82, 2.24) is 0 Å². The molecule has 0 N–H and O–H groups in total. The van der Waals surface area contributed by atoms with Crippen molar-refractivity contribution in [3.05, 3.63) is 60.2 Å². The van der Waals surface area contributed by atoms with Crippen molar-refractivity contribution in [1.29, 1.82) is 10.5 Å². The summed E-state index contributed by atoms with van der Waals surface area (Å²) in [4.78, 5) is 24.2. The lowest BCUT2D eigenvalue weighted by Crippen LogP contribution is -2.14. The molecule has 0 bridgehead atoms. The molecule has 160 valence electrons. The van der Waals surface area contributed by atoms with E-state index in [0.29, 0.717) is 17.1 Å². The highest BCUT2D eigenvalue weighted by molar-refractivity contribution is 5.89. The Balaban J connectivity index is 1.67. The molecule has 0 spiro atoms. The molecule has 0 amide bonds. The minimum Gasteiger partial charge on any atom is -0.457 e. The molecule has 3 atom stereocenters. The molecule has 7 heteroatoms. The van der Waals surface area contributed by atoms with Gasteiger partial charge in [-0.1, -0.05) is 50.1 Å². The van der Waals surface area contributed by atoms with E-state index in [-0.39, 0.29) is 6.61 Å². The van der Waals surface area contributed by atoms with Gasteiger partial charge in [0.05, 0.1) is 5.92 Å². The minimum atomic E-state index is -1.12. The number of hydrogen-bond acceptors (Lipinski definition) is 7. The van der Waals surface area contributed by atoms with Gasteiger partial charge in [-0.05, 0) is 29.7 Å². The van der Waals surface area contributed by atoms with E-state index in [1.165, 1.54) is 0 Å². The topological polar surface area (TPSA) is 109 Å². The number of esters is 2. The fourth-order valence-corrected chi connectivity index (χ4v) is 3.34. The Morgan fingerprint density at radius 3 is 2.47 bits per heavy atom. The molecule has 32 heavy (non-hydrogen) atoms. The second-order valence-electron chi connectivity index (χ2n) is 7.71. The summed E-state index contributed by atoms with van der Waals surface area (Å²) in [5.41, 5.74) is -0.0341. The first-order valence-electron chi connectivity index (χ1n) is 9.85. The number of hydrogen-bond donors (Lipinski definition) is 0. The number of nitriles is 2. The van der Waals surface area contributed by atoms with Crippen LogP contribution in [0.5, 0.6) is 11.5 Å². The molecular formula is C25H20N2O5. The molecule has 0 aliphatic heterocycles. The third kappa shape index (κ3) is 5.25. The number of carbonyl (C=O) groups is 2. The van der Waals surface area contributed by atoms with Crippen LogP contribution in [0.4, 0.5) is 0 Å². The molecule has 1 aliphatic carbocycles. The molecule has 2 aromatic rings. The van der Waals surface area contributed by atoms with Crippen LogP contribution < -0.4 is 4.74 Å². The van der Waals surface area contributed by atoms with Gasteiger partial charge in [0.25, 0.3) is 0 Å². The molecule has 3 unspecified atom stereocenters. The summed E-state index contributed by atoms with van der Waals surface area (Å²) < 4.78 is 15.8. The molecular weight excluding hydrogens is 408 g/mol. The normalized spacial score (nSPS) is 18.5. The van der Waals surface area contributed by atoms with E-state index < -0.39 is 35.3 Å². The van der Waals surface area contributed by atoms with E-state index in [2.05, 4.69) is 16.6 Å². The number of nitrogens with zero attached hydrogens (tertiary/aromatic N) is 2. The zero-order chi connectivity index (χ0) is 23.1. The lowest BCUT2D eigenvalue weighted by Gasteiger charge is -2.13. The first kappa shape index (κ1) is 22.4. The second kappa shape index (κ2) is 9.69. The van der Waals surface area contributed by atoms with Gasteiger partial charge in [-0.3, -0.25) is 4.79 Å². The predicted molar refractivity (Wildman–Crippen MR) is 113 cm³/mol. The largest absolute Gasteiger partial charge is 0.457 e. The van der Waals surface area contributed by atoms with Gasteiger partial charge in [0.1, 0.15) is 23.6 Å². The second-order valence-corrected chi connectivity index (χ2v) is 7.71. The first-order valence-corrected chi connectivity index (χ1v) is 9.85. The quantitative estimate of drug-likeness (QED) is 0.389. The van der Waals surface area contributed by atoms with Crippen molar-refractivity contribution in [3.8, 4) is 35.5 Å². The lowest BCUT2D eigenvalue weighted by atomic mass is 10.1. The predicted octanol–water partition coefficient (Wildman–Crippen LogP) is 3.93. The Morgan fingerprint density at radius 2 is 1.78 bits per heavy atom. The van der Waals surface area contributed by atoms with Crippen LogP contribution in [0.25, 0.3) is 0 Å². The molecule has 7 nitrogen and oxygen atoms in total. The number of para-hydroxylation sites is 1. The standard InChI is InChI=1S/C25H20N2O5/c1-25(2)20(11-12-22(28)30-14-13-26)23(25)24(29)32-21(16-27)17-7-6-10-19(15-17)31-18-8-4-3-5-9-18/h3-10,15,20-21,23H,14H2,1-2H3. The summed E-state index contributed by atoms with van der Waals surface area (Å²) in [7, 11) is 0. The van der Waals surface area contributed by atoms with Crippen molar-refractivity contribution >= 4 is 11.9 Å². The number of carbonyl (C=O) groups excluding carboxylic acids is 2. The van der Waals surface area contributed by atoms with Crippen molar-refractivity contribution in [2.24, 2.45) is 17.3 Å². The highest BCUT2D eigenvalue weighted by Gasteiger charge is 2.62. The van der Waals surface area contributed by atoms with Crippen LogP contribution in [-0.4, -0.2) is 18.5 Å². The Morgan fingerprint density at radius 1 is 1.06 bits per heavy atom. The Labute approximate surface area is 186 Å². The van der Waals surface area contributed by atoms with Crippen LogP contribution in [0, 0.1) is 51.8 Å². The molecule has 0 aromatic heterocycles. The summed E-state index contributed by atoms with van der Waals surface area (Å²) in [6.45, 7) is 3.27. The zero-order valence-corrected chi connectivity index (χ0v) is 17.6. The summed E-state index contributed by atoms with van der Waals surface area (Å²) in [5.74, 6) is 3.77. The molecule has 0 heterocycles. The Bertz CT molecular complexity index is 1150. The van der Waals surface area contributed by atoms with Gasteiger partial charge in [0.15, 0.2) is 6.61 Å². The summed E-state index contributed by atoms with van der Waals surface area (Å²) in [6, 6.07) is 19.6. The van der Waals surface area contributed by atoms with Gasteiger partial charge in [0, 0.05) is 17.4 Å². The van der Waals surface area contributed by atoms with Crippen LogP contribution in [0.1, 0.15) is 25.5 Å². The Hall–Kier alpha value is -4.28. The molecule has 0 radical (unpaired) electrons. The highest BCUT2D eigenvalue weighted by atomic mass is 16.5. The molecule has 0 saturated heterocycles. The Kier molecular flexibility index (Phi) is 6.78. The van der Waals surface area contributed by atoms with Crippen LogP contribution in [0.2, 0.25) is 0 Å². The molecule has 1 saturated carbocycles. The maximum absolute atomic E-state index is 12.7. The third-order valence-electron chi connectivity index (χ3n) is 5.17. The first-order chi connectivity index (χ1) is 15.4. The fourth-order valence-electron chi connectivity index (χ4n) is 3.34. The minimum absolute atomic E-state index is 0.385. The van der Waals surface area contributed by atoms with E-state index >= 15 is 0 Å². The monoisotopic (exact) mass is 428 g/mol. The number of ether oxygens (including phenoxy) is 3. The lowest BCUT2D eigenvalue weighted by molar-refractivity contribution is -0.149. The zero-order valence-electron chi connectivity index (χ0n) is 17.6. The van der Waals surface area contributed by atoms with Crippen LogP contribution >= 0.6 is 0 Å². The van der Waals surface area contributed by atoms with Gasteiger partial charge in [0.2, 0.25) is 6.10 Å². The van der Waals surface area contributed by atoms with Gasteiger partial charge in [-0.25, -0.2) is 4.79 Å². The van der Waals surface area contributed by atoms with Crippen LogP contribution in [0.3, 0.4) is 0 Å². The summed E-state index contributed by atoms with van der Waals surface area (Å²) >= 11 is 0. The summed E-state index contributed by atoms with van der Waals surface area (Å²) in [5, 5.41) is 18.0. The molecule has 1 fully saturated rings. The van der Waals surface area contributed by atoms with Crippen molar-refractivity contribution in [2.75, 3.05) is 6.61 Å². The van der Waals surface area contributed by atoms with E-state index in [0.717, 1.165) is 0 Å². The SMILES string of the molecule is CC1(C)C(C#CC(=O)OCC#N)C1C(=O)OC(C#N)c1cccc(Oc2ccccc2)c1. The number of rotatable bonds is 6. The maximum atomic E-state index is 12.7. The number of benzene rings is 2. The van der Waals surface area contributed by atoms with Gasteiger partial charge >= 0.3 is 11.9 Å². The van der Waals surface area contributed by atoms with Crippen molar-refractivity contribution in [3.63, 3.8) is 0 Å². The maximum Gasteiger partial charge on any atom is 0.385 e. The van der Waals surface area contributed by atoms with Gasteiger partial charge < -0.3 is 14.2 Å². The fraction of sp³-hybridized carbons (Fsp3) is 0.280. The van der Waals surface area contributed by atoms with E-state index in [9.17, 15) is 14.9 Å². The van der Waals surface area contributed by atoms with Crippen LogP contribution in [0.15, 0.2) is 54.6 Å². The highest BCUT2D eigenvalue weighted by Crippen LogP contribution is 2.58. The van der Waals surface area contributed by atoms with E-state index in [1.807, 2.05) is 38.1 Å². The van der Waals surface area contributed by atoms with Gasteiger partial charge in [-0.15, -0.1) is 0 Å². The van der Waals surface area contributed by atoms with Gasteiger partial charge in [-0.2, -0.15) is 10.5 Å². The molecule has 1 aliphatic rings. The third-order valence-corrected chi connectivity index (χ3v) is 5.17. The van der Waals surface area contributed by atoms with Crippen molar-refractivity contribution in [2.45, 2.75) is 20.0 Å². The van der Waals surface area contributed by atoms with E-state index in [4.69, 9.17) is 14.7 Å². The van der Waals surface area contributed by atoms with E-state index in [1.54, 1.807) is 42.5 Å². The smallest absolute Gasteiger partial charge is 0.385 e. The van der Waals surface area contributed by atoms with Crippen molar-refractivity contribution < 1.29 is 23.8 Å². The summed E-state index contributed by atoms with van der Waals surface area (Å²) in [6.07, 6.45) is -1.12.